The van der Waals surface area contributed by atoms with Crippen molar-refractivity contribution in [3.8, 4) is 0 Å². The summed E-state index contributed by atoms with van der Waals surface area (Å²) in [6, 6.07) is 0. The minimum absolute atomic E-state index is 0.958. The minimum Gasteiger partial charge on any atom is -0.418 e. The first-order valence-electron chi connectivity index (χ1n) is 5.87. The summed E-state index contributed by atoms with van der Waals surface area (Å²) in [4.78, 5) is 1.59. The van der Waals surface area contributed by atoms with E-state index in [1.54, 1.807) is 4.90 Å². The second-order valence-electron chi connectivity index (χ2n) is 4.32. The van der Waals surface area contributed by atoms with Crippen molar-refractivity contribution in [2.45, 2.75) is 39.5 Å². The quantitative estimate of drug-likeness (QED) is 0.542. The van der Waals surface area contributed by atoms with Crippen LogP contribution in [0.5, 0.6) is 0 Å². The van der Waals surface area contributed by atoms with Crippen molar-refractivity contribution in [3.63, 3.8) is 0 Å². The molecule has 0 saturated carbocycles. The number of nitrogens with one attached hydrogen (secondary N) is 1. The maximum atomic E-state index is 9.75. The molecule has 0 aliphatic heterocycles. The Labute approximate surface area is 96.3 Å². The van der Waals surface area contributed by atoms with Crippen LogP contribution in [0.15, 0.2) is 0 Å². The number of hydrogen-bond donors (Lipinski definition) is 1. The van der Waals surface area contributed by atoms with E-state index < -0.39 is 7.25 Å². The summed E-state index contributed by atoms with van der Waals surface area (Å²) in [5.74, 6) is 0.958. The molecule has 0 aromatic rings. The van der Waals surface area contributed by atoms with E-state index in [0.717, 1.165) is 5.92 Å². The second-order valence-corrected chi connectivity index (χ2v) is 4.32. The Morgan fingerprint density at radius 3 is 1.75 bits per heavy atom. The highest BCUT2D eigenvalue weighted by atomic mass is 19.5. The van der Waals surface area contributed by atoms with Gasteiger partial charge in [0.2, 0.25) is 0 Å². The van der Waals surface area contributed by atoms with Gasteiger partial charge in [0.15, 0.2) is 0 Å². The average Bonchev–Trinajstić information content (AvgIpc) is 2.08. The van der Waals surface area contributed by atoms with Crippen molar-refractivity contribution in [2.24, 2.45) is 5.92 Å². The summed E-state index contributed by atoms with van der Waals surface area (Å²) in [6.45, 7) is 5.93. The zero-order valence-corrected chi connectivity index (χ0v) is 10.7. The Morgan fingerprint density at radius 2 is 1.50 bits per heavy atom. The number of halogens is 4. The molecule has 0 saturated heterocycles. The number of unbranched alkanes of at least 4 members (excludes halogenated alkanes) is 1. The molecular weight excluding hydrogens is 221 g/mol. The summed E-state index contributed by atoms with van der Waals surface area (Å²) >= 11 is 0. The molecule has 0 aromatic heterocycles. The Kier molecular flexibility index (Phi) is 11.3. The van der Waals surface area contributed by atoms with Crippen LogP contribution in [-0.4, -0.2) is 27.9 Å². The van der Waals surface area contributed by atoms with Gasteiger partial charge in [0.05, 0.1) is 20.6 Å². The van der Waals surface area contributed by atoms with Gasteiger partial charge in [-0.05, 0) is 12.8 Å². The summed E-state index contributed by atoms with van der Waals surface area (Å²) in [5, 5.41) is 0. The van der Waals surface area contributed by atoms with E-state index in [2.05, 4.69) is 27.9 Å². The highest BCUT2D eigenvalue weighted by Crippen LogP contribution is 2.09. The lowest BCUT2D eigenvalue weighted by molar-refractivity contribution is -0.862. The predicted molar refractivity (Wildman–Crippen MR) is 61.2 cm³/mol. The maximum absolute atomic E-state index is 9.75. The fourth-order valence-electron chi connectivity index (χ4n) is 1.52. The smallest absolute Gasteiger partial charge is 0.418 e. The van der Waals surface area contributed by atoms with Crippen LogP contribution in [0.2, 0.25) is 0 Å². The summed E-state index contributed by atoms with van der Waals surface area (Å²) < 4.78 is 39.0. The molecular formula is C10H24BF4N. The first-order valence-corrected chi connectivity index (χ1v) is 5.87. The van der Waals surface area contributed by atoms with E-state index in [0.29, 0.717) is 0 Å². The third-order valence-electron chi connectivity index (χ3n) is 2.24. The minimum atomic E-state index is -6.00. The molecule has 0 rings (SSSR count). The Bertz CT molecular complexity index is 144. The summed E-state index contributed by atoms with van der Waals surface area (Å²) in [6.07, 6.45) is 5.54. The van der Waals surface area contributed by atoms with Gasteiger partial charge in [0.25, 0.3) is 0 Å². The lowest BCUT2D eigenvalue weighted by Gasteiger charge is -2.16. The molecule has 16 heavy (non-hydrogen) atoms. The van der Waals surface area contributed by atoms with Gasteiger partial charge in [-0.25, -0.2) is 0 Å². The largest absolute Gasteiger partial charge is 0.673 e. The third-order valence-corrected chi connectivity index (χ3v) is 2.24. The van der Waals surface area contributed by atoms with Crippen molar-refractivity contribution >= 4 is 7.25 Å². The maximum Gasteiger partial charge on any atom is 0.673 e. The van der Waals surface area contributed by atoms with Crippen LogP contribution in [0, 0.1) is 5.92 Å². The van der Waals surface area contributed by atoms with Crippen LogP contribution < -0.4 is 4.90 Å². The Balaban J connectivity index is 0. The highest BCUT2D eigenvalue weighted by molar-refractivity contribution is 6.50. The van der Waals surface area contributed by atoms with E-state index in [1.807, 2.05) is 0 Å². The molecule has 0 spiro atoms. The standard InChI is InChI=1S/C10H23N.BF4/c1-5-7-8-10(6-2)9-11(3)4;2-1(3,4)5/h10H,5-9H2,1-4H3;/q;-1/p+1. The van der Waals surface area contributed by atoms with Gasteiger partial charge in [0.1, 0.15) is 0 Å². The molecule has 1 atom stereocenters. The van der Waals surface area contributed by atoms with Crippen LogP contribution in [0.3, 0.4) is 0 Å². The monoisotopic (exact) mass is 245 g/mol. The van der Waals surface area contributed by atoms with Gasteiger partial charge in [-0.1, -0.05) is 26.7 Å². The SMILES string of the molecule is CCCCC(CC)C[NH+](C)C.F[B-](F)(F)F. The fourth-order valence-corrected chi connectivity index (χ4v) is 1.52. The van der Waals surface area contributed by atoms with Crippen LogP contribution in [0.25, 0.3) is 0 Å². The normalized spacial score (nSPS) is 13.3. The van der Waals surface area contributed by atoms with Crippen LogP contribution in [-0.2, 0) is 0 Å². The topological polar surface area (TPSA) is 4.44 Å². The number of quaternary nitrogens is 1. The number of hydrogen-bond acceptors (Lipinski definition) is 0. The molecule has 6 heteroatoms. The first kappa shape index (κ1) is 18.1. The van der Waals surface area contributed by atoms with E-state index >= 15 is 0 Å². The molecule has 1 N–H and O–H groups in total. The average molecular weight is 245 g/mol. The van der Waals surface area contributed by atoms with E-state index in [1.165, 1.54) is 32.2 Å². The predicted octanol–water partition coefficient (Wildman–Crippen LogP) is 2.65. The molecule has 0 fully saturated rings. The van der Waals surface area contributed by atoms with Crippen LogP contribution in [0.1, 0.15) is 39.5 Å². The Morgan fingerprint density at radius 1 is 1.06 bits per heavy atom. The van der Waals surface area contributed by atoms with Gasteiger partial charge < -0.3 is 22.2 Å². The second kappa shape index (κ2) is 9.93. The fraction of sp³-hybridized carbons (Fsp3) is 1.00. The summed E-state index contributed by atoms with van der Waals surface area (Å²) in [7, 11) is -1.51. The van der Waals surface area contributed by atoms with Crippen LogP contribution >= 0.6 is 0 Å². The third kappa shape index (κ3) is 23.5. The van der Waals surface area contributed by atoms with E-state index in [-0.39, 0.29) is 0 Å². The van der Waals surface area contributed by atoms with Crippen molar-refractivity contribution in [2.75, 3.05) is 20.6 Å². The van der Waals surface area contributed by atoms with Gasteiger partial charge in [-0.15, -0.1) is 0 Å². The van der Waals surface area contributed by atoms with Crippen molar-refractivity contribution in [3.05, 3.63) is 0 Å². The van der Waals surface area contributed by atoms with E-state index in [9.17, 15) is 17.3 Å². The highest BCUT2D eigenvalue weighted by Gasteiger charge is 2.20. The molecule has 0 aliphatic rings. The van der Waals surface area contributed by atoms with Gasteiger partial charge in [-0.2, -0.15) is 0 Å². The van der Waals surface area contributed by atoms with Gasteiger partial charge in [-0.3, -0.25) is 0 Å². The zero-order chi connectivity index (χ0) is 13.2. The van der Waals surface area contributed by atoms with E-state index in [4.69, 9.17) is 0 Å². The van der Waals surface area contributed by atoms with Crippen LogP contribution in [0.4, 0.5) is 17.3 Å². The van der Waals surface area contributed by atoms with Crippen molar-refractivity contribution < 1.29 is 22.2 Å². The lowest BCUT2D eigenvalue weighted by atomic mass is 9.99. The van der Waals surface area contributed by atoms with Crippen molar-refractivity contribution in [1.82, 2.24) is 0 Å². The molecule has 0 aromatic carbocycles. The Hall–Kier alpha value is -0.255. The molecule has 100 valence electrons. The first-order chi connectivity index (χ1) is 7.20. The van der Waals surface area contributed by atoms with Gasteiger partial charge in [0, 0.05) is 5.92 Å². The molecule has 0 heterocycles. The molecule has 1 nitrogen and oxygen atoms in total. The molecule has 0 aliphatic carbocycles. The van der Waals surface area contributed by atoms with Gasteiger partial charge >= 0.3 is 7.25 Å². The summed E-state index contributed by atoms with van der Waals surface area (Å²) in [5.41, 5.74) is 0. The van der Waals surface area contributed by atoms with Crippen molar-refractivity contribution in [1.29, 1.82) is 0 Å². The zero-order valence-electron chi connectivity index (χ0n) is 10.7. The molecule has 0 bridgehead atoms. The number of rotatable bonds is 6. The molecule has 1 unspecified atom stereocenters. The molecule has 0 amide bonds. The molecule has 0 radical (unpaired) electrons. The lowest BCUT2D eigenvalue weighted by Crippen LogP contribution is -3.06.